The molecule has 0 bridgehead atoms. The number of ether oxygens (including phenoxy) is 1. The molecular weight excluding hydrogens is 432 g/mol. The van der Waals surface area contributed by atoms with Crippen LogP contribution >= 0.6 is 0 Å². The van der Waals surface area contributed by atoms with Gasteiger partial charge in [-0.2, -0.15) is 0 Å². The number of benzene rings is 4. The van der Waals surface area contributed by atoms with Crippen molar-refractivity contribution in [2.24, 2.45) is 0 Å². The quantitative estimate of drug-likeness (QED) is 0.262. The third-order valence-corrected chi connectivity index (χ3v) is 6.17. The first-order chi connectivity index (χ1) is 17.3. The van der Waals surface area contributed by atoms with E-state index in [4.69, 9.17) is 9.26 Å². The summed E-state index contributed by atoms with van der Waals surface area (Å²) >= 11 is 0. The molecule has 0 amide bonds. The van der Waals surface area contributed by atoms with Crippen molar-refractivity contribution in [2.75, 3.05) is 4.90 Å². The number of para-hydroxylation sites is 2. The Bertz CT molecular complexity index is 1420. The van der Waals surface area contributed by atoms with Crippen LogP contribution in [0.4, 0.5) is 11.4 Å². The molecule has 0 spiro atoms. The van der Waals surface area contributed by atoms with Crippen molar-refractivity contribution in [2.45, 2.75) is 13.2 Å². The number of hydrogen-bond acceptors (Lipinski definition) is 4. The van der Waals surface area contributed by atoms with Gasteiger partial charge in [0.05, 0.1) is 6.54 Å². The molecule has 1 aliphatic heterocycles. The molecule has 0 unspecified atom stereocenters. The zero-order chi connectivity index (χ0) is 23.5. The topological polar surface area (TPSA) is 38.5 Å². The number of anilines is 2. The van der Waals surface area contributed by atoms with E-state index >= 15 is 0 Å². The zero-order valence-corrected chi connectivity index (χ0v) is 19.2. The minimum atomic E-state index is 0.544. The standard InChI is InChI=1S/C31H24N2O2/c1-2-8-23(9-3-1)22-34-27-18-16-24(17-19-27)29-20-28(35-32-29)21-33-30-12-6-4-10-25(30)14-15-26-11-5-7-13-31(26)33/h1-20H,21-22H2. The van der Waals surface area contributed by atoms with Crippen LogP contribution in [0, 0.1) is 0 Å². The Balaban J connectivity index is 1.21. The predicted octanol–water partition coefficient (Wildman–Crippen LogP) is 7.74. The van der Waals surface area contributed by atoms with Gasteiger partial charge in [0.1, 0.15) is 18.1 Å². The maximum Gasteiger partial charge on any atom is 0.157 e. The summed E-state index contributed by atoms with van der Waals surface area (Å²) in [5.41, 5.74) is 7.58. The summed E-state index contributed by atoms with van der Waals surface area (Å²) in [6.07, 6.45) is 4.34. The summed E-state index contributed by atoms with van der Waals surface area (Å²) in [7, 11) is 0. The number of fused-ring (bicyclic) bond motifs is 2. The van der Waals surface area contributed by atoms with Gasteiger partial charge in [0.2, 0.25) is 0 Å². The van der Waals surface area contributed by atoms with E-state index in [1.54, 1.807) is 0 Å². The third-order valence-electron chi connectivity index (χ3n) is 6.17. The van der Waals surface area contributed by atoms with Crippen LogP contribution in [0.1, 0.15) is 22.5 Å². The number of hydrogen-bond donors (Lipinski definition) is 0. The van der Waals surface area contributed by atoms with Crippen LogP contribution in [0.15, 0.2) is 114 Å². The van der Waals surface area contributed by atoms with Crippen molar-refractivity contribution in [3.63, 3.8) is 0 Å². The van der Waals surface area contributed by atoms with E-state index in [-0.39, 0.29) is 0 Å². The summed E-state index contributed by atoms with van der Waals surface area (Å²) < 4.78 is 11.7. The maximum absolute atomic E-state index is 5.91. The number of rotatable bonds is 6. The minimum Gasteiger partial charge on any atom is -0.489 e. The lowest BCUT2D eigenvalue weighted by atomic mass is 10.1. The van der Waals surface area contributed by atoms with Crippen LogP contribution in [-0.2, 0) is 13.2 Å². The molecule has 6 rings (SSSR count). The summed E-state index contributed by atoms with van der Waals surface area (Å²) in [5, 5.41) is 4.35. The molecule has 2 heterocycles. The van der Waals surface area contributed by atoms with Crippen molar-refractivity contribution in [1.82, 2.24) is 5.16 Å². The molecule has 0 atom stereocenters. The predicted molar refractivity (Wildman–Crippen MR) is 140 cm³/mol. The second kappa shape index (κ2) is 9.35. The Morgan fingerprint density at radius 3 is 2.00 bits per heavy atom. The molecule has 0 saturated heterocycles. The second-order valence-corrected chi connectivity index (χ2v) is 8.51. The molecule has 4 heteroatoms. The lowest BCUT2D eigenvalue weighted by Crippen LogP contribution is -2.17. The molecule has 0 N–H and O–H groups in total. The van der Waals surface area contributed by atoms with E-state index in [2.05, 4.69) is 82.9 Å². The summed E-state index contributed by atoms with van der Waals surface area (Å²) in [4.78, 5) is 2.29. The Morgan fingerprint density at radius 1 is 0.686 bits per heavy atom. The van der Waals surface area contributed by atoms with Gasteiger partial charge in [-0.3, -0.25) is 0 Å². The van der Waals surface area contributed by atoms with Crippen LogP contribution in [0.25, 0.3) is 23.4 Å². The van der Waals surface area contributed by atoms with E-state index in [1.807, 2.05) is 48.5 Å². The molecule has 4 nitrogen and oxygen atoms in total. The molecular formula is C31H24N2O2. The van der Waals surface area contributed by atoms with Gasteiger partial charge in [-0.15, -0.1) is 0 Å². The highest BCUT2D eigenvalue weighted by molar-refractivity contribution is 5.88. The van der Waals surface area contributed by atoms with Crippen LogP contribution < -0.4 is 9.64 Å². The van der Waals surface area contributed by atoms with Gasteiger partial charge in [-0.1, -0.05) is 84.0 Å². The molecule has 1 aliphatic rings. The molecule has 5 aromatic rings. The number of aromatic nitrogens is 1. The SMILES string of the molecule is C1=Cc2ccccc2N(Cc2cc(-c3ccc(OCc4ccccc4)cc3)no2)c2ccccc21. The highest BCUT2D eigenvalue weighted by Crippen LogP contribution is 2.37. The van der Waals surface area contributed by atoms with Gasteiger partial charge >= 0.3 is 0 Å². The third kappa shape index (κ3) is 4.46. The molecule has 0 aliphatic carbocycles. The summed E-state index contributed by atoms with van der Waals surface area (Å²) in [5.74, 6) is 1.63. The Labute approximate surface area is 204 Å². The van der Waals surface area contributed by atoms with E-state index in [1.165, 1.54) is 11.1 Å². The smallest absolute Gasteiger partial charge is 0.157 e. The Kier molecular flexibility index (Phi) is 5.61. The van der Waals surface area contributed by atoms with Gasteiger partial charge < -0.3 is 14.2 Å². The van der Waals surface area contributed by atoms with E-state index in [9.17, 15) is 0 Å². The normalized spacial score (nSPS) is 12.1. The molecule has 0 saturated carbocycles. The molecule has 1 aromatic heterocycles. The molecule has 0 fully saturated rings. The first-order valence-electron chi connectivity index (χ1n) is 11.7. The monoisotopic (exact) mass is 456 g/mol. The molecule has 35 heavy (non-hydrogen) atoms. The fourth-order valence-electron chi connectivity index (χ4n) is 4.37. The summed E-state index contributed by atoms with van der Waals surface area (Å²) in [6.45, 7) is 1.13. The van der Waals surface area contributed by atoms with Gasteiger partial charge in [0.15, 0.2) is 5.76 Å². The fourth-order valence-corrected chi connectivity index (χ4v) is 4.37. The Morgan fingerprint density at radius 2 is 1.31 bits per heavy atom. The first kappa shape index (κ1) is 21.0. The first-order valence-corrected chi connectivity index (χ1v) is 11.7. The van der Waals surface area contributed by atoms with Crippen molar-refractivity contribution in [1.29, 1.82) is 0 Å². The summed E-state index contributed by atoms with van der Waals surface area (Å²) in [6, 6.07) is 37.0. The Hall–Kier alpha value is -4.57. The van der Waals surface area contributed by atoms with Gasteiger partial charge in [0, 0.05) is 23.0 Å². The van der Waals surface area contributed by atoms with E-state index < -0.39 is 0 Å². The van der Waals surface area contributed by atoms with Crippen molar-refractivity contribution < 1.29 is 9.26 Å². The molecule has 0 radical (unpaired) electrons. The van der Waals surface area contributed by atoms with Crippen molar-refractivity contribution in [3.05, 3.63) is 132 Å². The van der Waals surface area contributed by atoms with Crippen LogP contribution in [0.3, 0.4) is 0 Å². The van der Waals surface area contributed by atoms with Crippen molar-refractivity contribution >= 4 is 23.5 Å². The molecule has 4 aromatic carbocycles. The van der Waals surface area contributed by atoms with Gasteiger partial charge in [-0.05, 0) is 53.1 Å². The van der Waals surface area contributed by atoms with Crippen LogP contribution in [-0.4, -0.2) is 5.16 Å². The largest absolute Gasteiger partial charge is 0.489 e. The second-order valence-electron chi connectivity index (χ2n) is 8.51. The maximum atomic E-state index is 5.91. The average Bonchev–Trinajstić information content (AvgIpc) is 3.33. The number of nitrogens with zero attached hydrogens (tertiary/aromatic N) is 2. The lowest BCUT2D eigenvalue weighted by molar-refractivity contribution is 0.306. The van der Waals surface area contributed by atoms with E-state index in [0.29, 0.717) is 13.2 Å². The highest BCUT2D eigenvalue weighted by atomic mass is 16.5. The van der Waals surface area contributed by atoms with Gasteiger partial charge in [0.25, 0.3) is 0 Å². The van der Waals surface area contributed by atoms with Crippen molar-refractivity contribution in [3.8, 4) is 17.0 Å². The minimum absolute atomic E-state index is 0.544. The average molecular weight is 457 g/mol. The fraction of sp³-hybridized carbons (Fsp3) is 0.0645. The lowest BCUT2D eigenvalue weighted by Gasteiger charge is -2.25. The van der Waals surface area contributed by atoms with Gasteiger partial charge in [-0.25, -0.2) is 0 Å². The van der Waals surface area contributed by atoms with E-state index in [0.717, 1.165) is 39.7 Å². The highest BCUT2D eigenvalue weighted by Gasteiger charge is 2.20. The van der Waals surface area contributed by atoms with Crippen LogP contribution in [0.2, 0.25) is 0 Å². The van der Waals surface area contributed by atoms with Crippen LogP contribution in [0.5, 0.6) is 5.75 Å². The zero-order valence-electron chi connectivity index (χ0n) is 19.2. The molecule has 170 valence electrons.